The first kappa shape index (κ1) is 15.1. The maximum absolute atomic E-state index is 11.9. The van der Waals surface area contributed by atoms with Gasteiger partial charge in [-0.15, -0.1) is 0 Å². The van der Waals surface area contributed by atoms with Gasteiger partial charge in [0.25, 0.3) is 0 Å². The van der Waals surface area contributed by atoms with E-state index in [-0.39, 0.29) is 0 Å². The molecule has 0 aliphatic heterocycles. The molecule has 0 unspecified atom stereocenters. The lowest BCUT2D eigenvalue weighted by molar-refractivity contribution is 0.600. The van der Waals surface area contributed by atoms with Gasteiger partial charge in [0.2, 0.25) is 0 Å². The van der Waals surface area contributed by atoms with Gasteiger partial charge < -0.3 is 0 Å². The van der Waals surface area contributed by atoms with Gasteiger partial charge in [-0.1, -0.05) is 50.3 Å². The molecule has 0 aliphatic rings. The average molecular weight is 260 g/mol. The fourth-order valence-electron chi connectivity index (χ4n) is 1.54. The summed E-state index contributed by atoms with van der Waals surface area (Å²) < 4.78 is 23.8. The molecule has 2 aromatic rings. The Hall–Kier alpha value is -1.96. The van der Waals surface area contributed by atoms with Crippen molar-refractivity contribution in [2.45, 2.75) is 19.8 Å². The zero-order valence-corrected chi connectivity index (χ0v) is 11.1. The zero-order chi connectivity index (χ0) is 14.1. The minimum Gasteiger partial charge on any atom is -0.207 e. The first-order chi connectivity index (χ1) is 9.15. The zero-order valence-electron chi connectivity index (χ0n) is 11.1. The SMILES string of the molecule is C=Cc1ccc(CCC)cc1.Fc1ccc(F)cc1. The lowest BCUT2D eigenvalue weighted by atomic mass is 10.1. The van der Waals surface area contributed by atoms with Crippen LogP contribution >= 0.6 is 0 Å². The van der Waals surface area contributed by atoms with Crippen molar-refractivity contribution in [1.82, 2.24) is 0 Å². The van der Waals surface area contributed by atoms with E-state index in [0.717, 1.165) is 24.3 Å². The molecule has 2 heteroatoms. The van der Waals surface area contributed by atoms with Crippen molar-refractivity contribution in [2.24, 2.45) is 0 Å². The third-order valence-electron chi connectivity index (χ3n) is 2.56. The Morgan fingerprint density at radius 3 is 1.74 bits per heavy atom. The second-order valence-corrected chi connectivity index (χ2v) is 4.13. The first-order valence-corrected chi connectivity index (χ1v) is 6.28. The maximum atomic E-state index is 11.9. The predicted molar refractivity (Wildman–Crippen MR) is 76.9 cm³/mol. The molecule has 0 saturated carbocycles. The quantitative estimate of drug-likeness (QED) is 0.707. The van der Waals surface area contributed by atoms with E-state index in [1.54, 1.807) is 0 Å². The Bertz CT molecular complexity index is 463. The summed E-state index contributed by atoms with van der Waals surface area (Å²) in [4.78, 5) is 0. The van der Waals surface area contributed by atoms with Crippen LogP contribution in [-0.4, -0.2) is 0 Å². The molecule has 0 aromatic heterocycles. The third kappa shape index (κ3) is 5.96. The second kappa shape index (κ2) is 8.20. The minimum atomic E-state index is -0.411. The van der Waals surface area contributed by atoms with Gasteiger partial charge in [-0.2, -0.15) is 0 Å². The molecule has 0 bridgehead atoms. The summed E-state index contributed by atoms with van der Waals surface area (Å²) in [5, 5.41) is 0. The maximum Gasteiger partial charge on any atom is 0.123 e. The van der Waals surface area contributed by atoms with Crippen LogP contribution in [-0.2, 0) is 6.42 Å². The number of hydrogen-bond acceptors (Lipinski definition) is 0. The van der Waals surface area contributed by atoms with Crippen molar-refractivity contribution in [2.75, 3.05) is 0 Å². The lowest BCUT2D eigenvalue weighted by Gasteiger charge is -1.97. The van der Waals surface area contributed by atoms with Crippen molar-refractivity contribution < 1.29 is 8.78 Å². The number of hydrogen-bond donors (Lipinski definition) is 0. The topological polar surface area (TPSA) is 0 Å². The number of rotatable bonds is 3. The molecule has 0 radical (unpaired) electrons. The molecule has 2 aromatic carbocycles. The van der Waals surface area contributed by atoms with Gasteiger partial charge in [0.05, 0.1) is 0 Å². The highest BCUT2D eigenvalue weighted by Gasteiger charge is 1.89. The van der Waals surface area contributed by atoms with E-state index in [1.807, 2.05) is 6.08 Å². The highest BCUT2D eigenvalue weighted by molar-refractivity contribution is 5.47. The van der Waals surface area contributed by atoms with Crippen LogP contribution in [0.15, 0.2) is 55.1 Å². The van der Waals surface area contributed by atoms with Crippen molar-refractivity contribution >= 4 is 6.08 Å². The molecule has 19 heavy (non-hydrogen) atoms. The van der Waals surface area contributed by atoms with Crippen molar-refractivity contribution in [1.29, 1.82) is 0 Å². The van der Waals surface area contributed by atoms with Gasteiger partial charge in [-0.3, -0.25) is 0 Å². The smallest absolute Gasteiger partial charge is 0.123 e. The molecule has 0 spiro atoms. The molecule has 0 nitrogen and oxygen atoms in total. The highest BCUT2D eigenvalue weighted by Crippen LogP contribution is 2.06. The standard InChI is InChI=1S/C11H14.C6H4F2/c1-3-5-11-8-6-10(4-2)7-9-11;7-5-1-2-6(8)4-3-5/h4,6-9H,2-3,5H2,1H3;1-4H. The average Bonchev–Trinajstić information content (AvgIpc) is 2.44. The van der Waals surface area contributed by atoms with E-state index in [1.165, 1.54) is 24.0 Å². The van der Waals surface area contributed by atoms with Crippen LogP contribution in [0.5, 0.6) is 0 Å². The van der Waals surface area contributed by atoms with E-state index in [4.69, 9.17) is 0 Å². The Labute approximate surface area is 113 Å². The molecule has 0 atom stereocenters. The Morgan fingerprint density at radius 2 is 1.37 bits per heavy atom. The van der Waals surface area contributed by atoms with E-state index in [9.17, 15) is 8.78 Å². The molecule has 0 aliphatic carbocycles. The predicted octanol–water partition coefficient (Wildman–Crippen LogP) is 5.25. The fraction of sp³-hybridized carbons (Fsp3) is 0.176. The van der Waals surface area contributed by atoms with E-state index in [2.05, 4.69) is 37.8 Å². The van der Waals surface area contributed by atoms with E-state index >= 15 is 0 Å². The van der Waals surface area contributed by atoms with Gasteiger partial charge in [0.1, 0.15) is 11.6 Å². The van der Waals surface area contributed by atoms with Crippen molar-refractivity contribution in [3.05, 3.63) is 77.9 Å². The Kier molecular flexibility index (Phi) is 6.51. The number of halogens is 2. The largest absolute Gasteiger partial charge is 0.207 e. The lowest BCUT2D eigenvalue weighted by Crippen LogP contribution is -1.81. The van der Waals surface area contributed by atoms with Gasteiger partial charge in [-0.25, -0.2) is 8.78 Å². The third-order valence-corrected chi connectivity index (χ3v) is 2.56. The summed E-state index contributed by atoms with van der Waals surface area (Å²) in [7, 11) is 0. The van der Waals surface area contributed by atoms with Crippen LogP contribution in [0.3, 0.4) is 0 Å². The Morgan fingerprint density at radius 1 is 0.895 bits per heavy atom. The molecule has 0 amide bonds. The van der Waals surface area contributed by atoms with E-state index < -0.39 is 11.6 Å². The summed E-state index contributed by atoms with van der Waals surface area (Å²) in [6.07, 6.45) is 4.26. The van der Waals surface area contributed by atoms with Crippen LogP contribution in [0.4, 0.5) is 8.78 Å². The van der Waals surface area contributed by atoms with Gasteiger partial charge in [-0.05, 0) is 41.8 Å². The number of benzene rings is 2. The summed E-state index contributed by atoms with van der Waals surface area (Å²) in [5.74, 6) is -0.821. The molecule has 0 saturated heterocycles. The molecule has 0 N–H and O–H groups in total. The normalized spacial score (nSPS) is 9.42. The molecule has 0 heterocycles. The fourth-order valence-corrected chi connectivity index (χ4v) is 1.54. The summed E-state index contributed by atoms with van der Waals surface area (Å²) in [6.45, 7) is 5.90. The molecular formula is C17H18F2. The van der Waals surface area contributed by atoms with Crippen molar-refractivity contribution in [3.8, 4) is 0 Å². The number of aryl methyl sites for hydroxylation is 1. The summed E-state index contributed by atoms with van der Waals surface area (Å²) in [6, 6.07) is 12.9. The van der Waals surface area contributed by atoms with Gasteiger partial charge >= 0.3 is 0 Å². The molecular weight excluding hydrogens is 242 g/mol. The molecule has 2 rings (SSSR count). The van der Waals surface area contributed by atoms with Gasteiger partial charge in [0.15, 0.2) is 0 Å². The van der Waals surface area contributed by atoms with Gasteiger partial charge in [0, 0.05) is 0 Å². The molecule has 0 fully saturated rings. The van der Waals surface area contributed by atoms with Crippen LogP contribution in [0.1, 0.15) is 24.5 Å². The van der Waals surface area contributed by atoms with Crippen LogP contribution in [0.2, 0.25) is 0 Å². The van der Waals surface area contributed by atoms with Crippen LogP contribution < -0.4 is 0 Å². The second-order valence-electron chi connectivity index (χ2n) is 4.13. The summed E-state index contributed by atoms with van der Waals surface area (Å²) >= 11 is 0. The minimum absolute atomic E-state index is 0.411. The van der Waals surface area contributed by atoms with E-state index in [0.29, 0.717) is 0 Å². The Balaban J connectivity index is 0.000000200. The van der Waals surface area contributed by atoms with Crippen molar-refractivity contribution in [3.63, 3.8) is 0 Å². The first-order valence-electron chi connectivity index (χ1n) is 6.28. The van der Waals surface area contributed by atoms with Crippen LogP contribution in [0, 0.1) is 11.6 Å². The monoisotopic (exact) mass is 260 g/mol. The highest BCUT2D eigenvalue weighted by atomic mass is 19.1. The molecule has 100 valence electrons. The summed E-state index contributed by atoms with van der Waals surface area (Å²) in [5.41, 5.74) is 2.61. The van der Waals surface area contributed by atoms with Crippen LogP contribution in [0.25, 0.3) is 6.08 Å².